The molecule has 24 heavy (non-hydrogen) atoms. The van der Waals surface area contributed by atoms with Gasteiger partial charge in [0.25, 0.3) is 5.91 Å². The van der Waals surface area contributed by atoms with Crippen LogP contribution in [0.5, 0.6) is 0 Å². The number of amides is 1. The van der Waals surface area contributed by atoms with E-state index in [2.05, 4.69) is 41.5 Å². The van der Waals surface area contributed by atoms with Crippen molar-refractivity contribution in [3.8, 4) is 0 Å². The number of nitrogens with one attached hydrogen (secondary N) is 1. The van der Waals surface area contributed by atoms with Crippen molar-refractivity contribution in [3.05, 3.63) is 71.2 Å². The average molecular weight is 320 g/mol. The van der Waals surface area contributed by atoms with E-state index in [9.17, 15) is 4.79 Å². The molecule has 0 spiro atoms. The molecule has 1 N–H and O–H groups in total. The summed E-state index contributed by atoms with van der Waals surface area (Å²) in [4.78, 5) is 16.8. The fourth-order valence-corrected chi connectivity index (χ4v) is 2.57. The molecule has 0 aliphatic carbocycles. The number of rotatable bonds is 4. The highest BCUT2D eigenvalue weighted by atomic mass is 16.2. The highest BCUT2D eigenvalue weighted by molar-refractivity contribution is 5.95. The van der Waals surface area contributed by atoms with Gasteiger partial charge in [0, 0.05) is 6.20 Å². The van der Waals surface area contributed by atoms with Crippen LogP contribution in [0.4, 0.5) is 0 Å². The van der Waals surface area contributed by atoms with Crippen molar-refractivity contribution in [2.24, 2.45) is 5.10 Å². The third-order valence-corrected chi connectivity index (χ3v) is 3.90. The second kappa shape index (κ2) is 6.66. The highest BCUT2D eigenvalue weighted by Crippen LogP contribution is 2.14. The molecule has 5 heteroatoms. The highest BCUT2D eigenvalue weighted by Gasteiger charge is 2.15. The summed E-state index contributed by atoms with van der Waals surface area (Å²) in [6.07, 6.45) is 3.46. The van der Waals surface area contributed by atoms with Crippen LogP contribution < -0.4 is 5.43 Å². The van der Waals surface area contributed by atoms with Gasteiger partial charge in [0.2, 0.25) is 0 Å². The first-order chi connectivity index (χ1) is 11.6. The number of fused-ring (bicyclic) bond motifs is 1. The molecule has 3 rings (SSSR count). The van der Waals surface area contributed by atoms with Crippen LogP contribution in [0.2, 0.25) is 0 Å². The van der Waals surface area contributed by atoms with Crippen molar-refractivity contribution in [2.75, 3.05) is 0 Å². The molecule has 1 amide bonds. The molecule has 122 valence electrons. The van der Waals surface area contributed by atoms with Gasteiger partial charge in [-0.1, -0.05) is 44.2 Å². The largest absolute Gasteiger partial charge is 0.295 e. The lowest BCUT2D eigenvalue weighted by Crippen LogP contribution is -2.20. The molecule has 0 unspecified atom stereocenters. The maximum Gasteiger partial charge on any atom is 0.290 e. The number of pyridine rings is 1. The van der Waals surface area contributed by atoms with Gasteiger partial charge in [0.1, 0.15) is 11.3 Å². The number of hydrogen-bond acceptors (Lipinski definition) is 3. The van der Waals surface area contributed by atoms with E-state index < -0.39 is 0 Å². The molecular formula is C19H20N4O. The molecule has 1 aromatic carbocycles. The number of hydrogen-bond donors (Lipinski definition) is 1. The van der Waals surface area contributed by atoms with Gasteiger partial charge in [0.05, 0.1) is 11.9 Å². The number of aromatic nitrogens is 2. The molecule has 0 bridgehead atoms. The molecule has 0 saturated carbocycles. The van der Waals surface area contributed by atoms with Crippen molar-refractivity contribution in [2.45, 2.75) is 26.7 Å². The lowest BCUT2D eigenvalue weighted by atomic mass is 10.0. The zero-order valence-electron chi connectivity index (χ0n) is 14.0. The molecule has 0 aliphatic rings. The minimum absolute atomic E-state index is 0.277. The number of benzene rings is 1. The minimum Gasteiger partial charge on any atom is -0.295 e. The summed E-state index contributed by atoms with van der Waals surface area (Å²) < 4.78 is 1.76. The van der Waals surface area contributed by atoms with E-state index in [4.69, 9.17) is 0 Å². The quantitative estimate of drug-likeness (QED) is 0.590. The first-order valence-corrected chi connectivity index (χ1v) is 7.93. The third kappa shape index (κ3) is 3.20. The Morgan fingerprint density at radius 1 is 1.21 bits per heavy atom. The van der Waals surface area contributed by atoms with Gasteiger partial charge in [-0.2, -0.15) is 5.10 Å². The molecule has 5 nitrogen and oxygen atoms in total. The standard InChI is InChI=1S/C19H20N4O/c1-13(2)16-9-7-15(8-10-16)12-20-22-19(24)18-14(3)21-17-6-4-5-11-23(17)18/h4-13H,1-3H3,(H,22,24)/b20-12-. The summed E-state index contributed by atoms with van der Waals surface area (Å²) in [5.41, 5.74) is 6.71. The van der Waals surface area contributed by atoms with Gasteiger partial charge < -0.3 is 0 Å². The van der Waals surface area contributed by atoms with E-state index in [1.807, 2.05) is 43.5 Å². The van der Waals surface area contributed by atoms with Crippen molar-refractivity contribution < 1.29 is 4.79 Å². The summed E-state index contributed by atoms with van der Waals surface area (Å²) in [5, 5.41) is 4.05. The monoisotopic (exact) mass is 320 g/mol. The van der Waals surface area contributed by atoms with Gasteiger partial charge in [-0.3, -0.25) is 9.20 Å². The normalized spacial score (nSPS) is 11.5. The number of nitrogens with zero attached hydrogens (tertiary/aromatic N) is 3. The second-order valence-electron chi connectivity index (χ2n) is 6.00. The van der Waals surface area contributed by atoms with Crippen molar-refractivity contribution in [3.63, 3.8) is 0 Å². The molecule has 3 aromatic rings. The van der Waals surface area contributed by atoms with Crippen LogP contribution in [0.1, 0.15) is 47.1 Å². The van der Waals surface area contributed by atoms with Crippen LogP contribution in [0.25, 0.3) is 5.65 Å². The Kier molecular flexibility index (Phi) is 4.42. The fourth-order valence-electron chi connectivity index (χ4n) is 2.57. The summed E-state index contributed by atoms with van der Waals surface area (Å²) >= 11 is 0. The maximum atomic E-state index is 12.4. The van der Waals surface area contributed by atoms with E-state index in [1.54, 1.807) is 10.6 Å². The minimum atomic E-state index is -0.277. The van der Waals surface area contributed by atoms with Crippen molar-refractivity contribution in [1.82, 2.24) is 14.8 Å². The number of hydrazone groups is 1. The van der Waals surface area contributed by atoms with Gasteiger partial charge >= 0.3 is 0 Å². The summed E-state index contributed by atoms with van der Waals surface area (Å²) in [6.45, 7) is 6.12. The van der Waals surface area contributed by atoms with Crippen LogP contribution >= 0.6 is 0 Å². The lowest BCUT2D eigenvalue weighted by Gasteiger charge is -2.04. The molecule has 0 aliphatic heterocycles. The summed E-state index contributed by atoms with van der Waals surface area (Å²) in [5.74, 6) is 0.218. The fraction of sp³-hybridized carbons (Fsp3) is 0.211. The Labute approximate surface area is 141 Å². The van der Waals surface area contributed by atoms with Crippen LogP contribution in [0.3, 0.4) is 0 Å². The third-order valence-electron chi connectivity index (χ3n) is 3.90. The number of carbonyl (C=O) groups excluding carboxylic acids is 1. The Morgan fingerprint density at radius 3 is 2.67 bits per heavy atom. The molecule has 2 aromatic heterocycles. The molecule has 0 saturated heterocycles. The number of aryl methyl sites for hydroxylation is 1. The zero-order valence-corrected chi connectivity index (χ0v) is 14.0. The Hall–Kier alpha value is -2.95. The topological polar surface area (TPSA) is 58.8 Å². The second-order valence-corrected chi connectivity index (χ2v) is 6.00. The number of carbonyl (C=O) groups is 1. The van der Waals surface area contributed by atoms with Crippen LogP contribution in [0, 0.1) is 6.92 Å². The SMILES string of the molecule is Cc1nc2ccccn2c1C(=O)N/N=C\c1ccc(C(C)C)cc1. The van der Waals surface area contributed by atoms with Crippen LogP contribution in [-0.2, 0) is 0 Å². The van der Waals surface area contributed by atoms with Crippen molar-refractivity contribution >= 4 is 17.8 Å². The molecule has 0 radical (unpaired) electrons. The summed E-state index contributed by atoms with van der Waals surface area (Å²) in [6, 6.07) is 13.7. The van der Waals surface area contributed by atoms with E-state index in [-0.39, 0.29) is 5.91 Å². The average Bonchev–Trinajstić information content (AvgIpc) is 2.91. The first-order valence-electron chi connectivity index (χ1n) is 7.93. The van der Waals surface area contributed by atoms with Gasteiger partial charge in [0.15, 0.2) is 0 Å². The van der Waals surface area contributed by atoms with E-state index >= 15 is 0 Å². The first kappa shape index (κ1) is 15.9. The number of imidazole rings is 1. The smallest absolute Gasteiger partial charge is 0.290 e. The van der Waals surface area contributed by atoms with Gasteiger partial charge in [-0.25, -0.2) is 10.4 Å². The molecular weight excluding hydrogens is 300 g/mol. The van der Waals surface area contributed by atoms with E-state index in [0.29, 0.717) is 17.3 Å². The molecule has 0 atom stereocenters. The van der Waals surface area contributed by atoms with E-state index in [0.717, 1.165) is 11.2 Å². The van der Waals surface area contributed by atoms with Crippen LogP contribution in [0.15, 0.2) is 53.8 Å². The Bertz CT molecular complexity index is 891. The lowest BCUT2D eigenvalue weighted by molar-refractivity contribution is 0.0948. The Morgan fingerprint density at radius 2 is 1.96 bits per heavy atom. The van der Waals surface area contributed by atoms with Crippen molar-refractivity contribution in [1.29, 1.82) is 0 Å². The molecule has 0 fully saturated rings. The van der Waals surface area contributed by atoms with E-state index in [1.165, 1.54) is 5.56 Å². The predicted molar refractivity (Wildman–Crippen MR) is 95.5 cm³/mol. The maximum absolute atomic E-state index is 12.4. The Balaban J connectivity index is 1.74. The predicted octanol–water partition coefficient (Wildman–Crippen LogP) is 3.53. The van der Waals surface area contributed by atoms with Gasteiger partial charge in [-0.05, 0) is 36.1 Å². The summed E-state index contributed by atoms with van der Waals surface area (Å²) in [7, 11) is 0. The molecule has 2 heterocycles. The van der Waals surface area contributed by atoms with Gasteiger partial charge in [-0.15, -0.1) is 0 Å². The van der Waals surface area contributed by atoms with Crippen LogP contribution in [-0.4, -0.2) is 21.5 Å². The zero-order chi connectivity index (χ0) is 17.1.